The van der Waals surface area contributed by atoms with E-state index in [0.717, 1.165) is 6.92 Å². The Hall–Kier alpha value is -1.38. The van der Waals surface area contributed by atoms with E-state index in [0.29, 0.717) is 4.44 Å². The molecule has 0 amide bonds. The molecule has 2 rings (SSSR count). The number of hydrogen-bond acceptors (Lipinski definition) is 7. The fourth-order valence-corrected chi connectivity index (χ4v) is 4.02. The summed E-state index contributed by atoms with van der Waals surface area (Å²) in [5.74, 6) is -2.77. The Kier molecular flexibility index (Phi) is 5.25. The van der Waals surface area contributed by atoms with Crippen molar-refractivity contribution in [1.29, 1.82) is 0 Å². The first kappa shape index (κ1) is 17.0. The average Bonchev–Trinajstić information content (AvgIpc) is 3.01. The SMILES string of the molecule is CC(=O)O[C@H]1[C@H](O)[C@@H](CO)O[C@@](O)(c2ccc[se]2)[C@@H]1N=[N+]=[N-]. The van der Waals surface area contributed by atoms with Crippen LogP contribution in [0.2, 0.25) is 0 Å². The van der Waals surface area contributed by atoms with Gasteiger partial charge in [-0.25, -0.2) is 0 Å². The number of aliphatic hydroxyl groups excluding tert-OH is 2. The molecule has 1 aliphatic heterocycles. The number of azide groups is 1. The van der Waals surface area contributed by atoms with Gasteiger partial charge >= 0.3 is 131 Å². The molecule has 0 bridgehead atoms. The van der Waals surface area contributed by atoms with E-state index in [4.69, 9.17) is 15.0 Å². The molecule has 120 valence electrons. The zero-order valence-corrected chi connectivity index (χ0v) is 13.3. The van der Waals surface area contributed by atoms with E-state index in [1.165, 1.54) is 0 Å². The van der Waals surface area contributed by atoms with Crippen LogP contribution in [0.3, 0.4) is 0 Å². The minimum absolute atomic E-state index is 0.249. The summed E-state index contributed by atoms with van der Waals surface area (Å²) in [6, 6.07) is 1.95. The third-order valence-corrected chi connectivity index (χ3v) is 5.34. The summed E-state index contributed by atoms with van der Waals surface area (Å²) in [5.41, 5.74) is 8.74. The molecule has 10 heteroatoms. The number of rotatable bonds is 4. The molecule has 1 fully saturated rings. The molecule has 9 nitrogen and oxygen atoms in total. The van der Waals surface area contributed by atoms with Gasteiger partial charge in [-0.2, -0.15) is 0 Å². The fourth-order valence-electron chi connectivity index (χ4n) is 2.35. The summed E-state index contributed by atoms with van der Waals surface area (Å²) in [4.78, 5) is 15.7. The van der Waals surface area contributed by atoms with Crippen molar-refractivity contribution in [3.8, 4) is 0 Å². The maximum absolute atomic E-state index is 11.3. The molecule has 5 atom stereocenters. The molecule has 2 heterocycles. The average molecular weight is 376 g/mol. The molecule has 0 aliphatic carbocycles. The van der Waals surface area contributed by atoms with Gasteiger partial charge in [-0.1, -0.05) is 0 Å². The molecule has 1 aliphatic rings. The van der Waals surface area contributed by atoms with Crippen LogP contribution in [0.5, 0.6) is 0 Å². The van der Waals surface area contributed by atoms with Gasteiger partial charge in [0.1, 0.15) is 0 Å². The van der Waals surface area contributed by atoms with E-state index in [-0.39, 0.29) is 14.5 Å². The molecular weight excluding hydrogens is 361 g/mol. The van der Waals surface area contributed by atoms with Gasteiger partial charge < -0.3 is 0 Å². The van der Waals surface area contributed by atoms with Crippen molar-refractivity contribution in [2.45, 2.75) is 37.1 Å². The molecule has 1 saturated heterocycles. The number of carbonyl (C=O) groups excluding carboxylic acids is 1. The van der Waals surface area contributed by atoms with Gasteiger partial charge in [-0.05, 0) is 0 Å². The molecule has 0 aromatic carbocycles. The van der Waals surface area contributed by atoms with Gasteiger partial charge in [0.15, 0.2) is 0 Å². The van der Waals surface area contributed by atoms with Crippen LogP contribution in [0.4, 0.5) is 0 Å². The first-order chi connectivity index (χ1) is 10.4. The van der Waals surface area contributed by atoms with Gasteiger partial charge in [0, 0.05) is 0 Å². The standard InChI is InChI=1S/C12H15N3O6Se/c1-6(17)20-10-9(18)7(5-16)21-12(19,11(10)14-15-13)8-3-2-4-22-8/h2-4,7,9-11,16,18-19H,5H2,1H3/t7-,9-,10+,11-,12+/m1/s1. The summed E-state index contributed by atoms with van der Waals surface area (Å²) in [5, 5.41) is 33.8. The summed E-state index contributed by atoms with van der Waals surface area (Å²) in [6.07, 6.45) is -3.95. The third kappa shape index (κ3) is 3.04. The van der Waals surface area contributed by atoms with E-state index < -0.39 is 42.7 Å². The van der Waals surface area contributed by atoms with Crippen molar-refractivity contribution < 1.29 is 29.6 Å². The van der Waals surface area contributed by atoms with Crippen LogP contribution in [0.25, 0.3) is 10.4 Å². The number of nitrogens with zero attached hydrogens (tertiary/aromatic N) is 3. The summed E-state index contributed by atoms with van der Waals surface area (Å²) >= 11 is -0.249. The molecule has 1 aromatic heterocycles. The van der Waals surface area contributed by atoms with Crippen LogP contribution >= 0.6 is 0 Å². The predicted molar refractivity (Wildman–Crippen MR) is 73.7 cm³/mol. The van der Waals surface area contributed by atoms with Gasteiger partial charge in [-0.3, -0.25) is 0 Å². The molecule has 22 heavy (non-hydrogen) atoms. The zero-order valence-electron chi connectivity index (χ0n) is 11.6. The second kappa shape index (κ2) is 6.80. The fraction of sp³-hybridized carbons (Fsp3) is 0.583. The quantitative estimate of drug-likeness (QED) is 0.207. The van der Waals surface area contributed by atoms with Crippen LogP contribution in [0.15, 0.2) is 22.2 Å². The van der Waals surface area contributed by atoms with Crippen LogP contribution in [-0.4, -0.2) is 66.8 Å². The second-order valence-corrected chi connectivity index (χ2v) is 6.72. The van der Waals surface area contributed by atoms with Crippen molar-refractivity contribution in [3.63, 3.8) is 0 Å². The van der Waals surface area contributed by atoms with Crippen molar-refractivity contribution in [1.82, 2.24) is 0 Å². The first-order valence-corrected chi connectivity index (χ1v) is 8.23. The Morgan fingerprint density at radius 1 is 1.68 bits per heavy atom. The number of hydrogen-bond donors (Lipinski definition) is 3. The molecule has 0 radical (unpaired) electrons. The predicted octanol–water partition coefficient (Wildman–Crippen LogP) is -0.749. The molecular formula is C12H15N3O6Se. The second-order valence-electron chi connectivity index (χ2n) is 4.73. The molecule has 0 saturated carbocycles. The van der Waals surface area contributed by atoms with E-state index in [1.807, 2.05) is 4.94 Å². The number of aliphatic hydroxyl groups is 3. The summed E-state index contributed by atoms with van der Waals surface area (Å²) in [7, 11) is 0. The summed E-state index contributed by atoms with van der Waals surface area (Å²) in [6.45, 7) is 0.528. The van der Waals surface area contributed by atoms with Crippen molar-refractivity contribution in [2.75, 3.05) is 6.61 Å². The van der Waals surface area contributed by atoms with Crippen molar-refractivity contribution >= 4 is 20.5 Å². The van der Waals surface area contributed by atoms with E-state index in [2.05, 4.69) is 10.0 Å². The van der Waals surface area contributed by atoms with Crippen LogP contribution in [-0.2, 0) is 20.1 Å². The van der Waals surface area contributed by atoms with E-state index in [1.54, 1.807) is 12.1 Å². The monoisotopic (exact) mass is 377 g/mol. The first-order valence-electron chi connectivity index (χ1n) is 6.38. The maximum atomic E-state index is 11.3. The molecule has 0 unspecified atom stereocenters. The summed E-state index contributed by atoms with van der Waals surface area (Å²) < 4.78 is 10.9. The van der Waals surface area contributed by atoms with Gasteiger partial charge in [0.05, 0.1) is 0 Å². The normalized spacial score (nSPS) is 34.7. The van der Waals surface area contributed by atoms with Gasteiger partial charge in [-0.15, -0.1) is 0 Å². The Labute approximate surface area is 131 Å². The topological polar surface area (TPSA) is 145 Å². The van der Waals surface area contributed by atoms with Crippen LogP contribution in [0.1, 0.15) is 11.4 Å². The van der Waals surface area contributed by atoms with Gasteiger partial charge in [0.2, 0.25) is 0 Å². The molecule has 3 N–H and O–H groups in total. The van der Waals surface area contributed by atoms with Gasteiger partial charge in [0.25, 0.3) is 0 Å². The van der Waals surface area contributed by atoms with Crippen LogP contribution in [0, 0.1) is 0 Å². The zero-order chi connectivity index (χ0) is 16.3. The number of carbonyl (C=O) groups is 1. The van der Waals surface area contributed by atoms with Crippen LogP contribution < -0.4 is 0 Å². The Morgan fingerprint density at radius 3 is 2.91 bits per heavy atom. The number of esters is 1. The minimum atomic E-state index is -2.05. The van der Waals surface area contributed by atoms with Crippen molar-refractivity contribution in [2.24, 2.45) is 5.11 Å². The Morgan fingerprint density at radius 2 is 2.41 bits per heavy atom. The van der Waals surface area contributed by atoms with E-state index in [9.17, 15) is 20.1 Å². The van der Waals surface area contributed by atoms with E-state index >= 15 is 0 Å². The third-order valence-electron chi connectivity index (χ3n) is 3.29. The molecule has 1 aromatic rings. The Bertz CT molecular complexity index is 575. The Balaban J connectivity index is 2.50. The molecule has 0 spiro atoms. The van der Waals surface area contributed by atoms with Crippen molar-refractivity contribution in [3.05, 3.63) is 32.0 Å². The number of ether oxygens (including phenoxy) is 2.